The van der Waals surface area contributed by atoms with Gasteiger partial charge in [-0.2, -0.15) is 0 Å². The lowest BCUT2D eigenvalue weighted by Gasteiger charge is -2.12. The highest BCUT2D eigenvalue weighted by molar-refractivity contribution is 6.26. The number of hydrogen-bond donors (Lipinski definition) is 0. The lowest BCUT2D eigenvalue weighted by molar-refractivity contribution is 0.670. The number of hydrogen-bond acceptors (Lipinski definition) is 4. The van der Waals surface area contributed by atoms with Gasteiger partial charge in [-0.3, -0.25) is 0 Å². The summed E-state index contributed by atoms with van der Waals surface area (Å²) in [5.41, 5.74) is 6.34. The zero-order chi connectivity index (χ0) is 40.6. The molecule has 0 spiro atoms. The van der Waals surface area contributed by atoms with Crippen LogP contribution in [0.25, 0.3) is 111 Å². The number of benzene rings is 9. The second-order valence-electron chi connectivity index (χ2n) is 13.6. The topological polar surface area (TPSA) is 51.8 Å². The maximum Gasteiger partial charge on any atom is 0.164 e. The quantitative estimate of drug-likeness (QED) is 0.167. The zero-order valence-corrected chi connectivity index (χ0v) is 29.3. The van der Waals surface area contributed by atoms with Gasteiger partial charge in [-0.1, -0.05) is 158 Å². The van der Waals surface area contributed by atoms with Crippen molar-refractivity contribution in [2.75, 3.05) is 0 Å². The summed E-state index contributed by atoms with van der Waals surface area (Å²) in [7, 11) is 0. The van der Waals surface area contributed by atoms with Crippen molar-refractivity contribution >= 4 is 54.3 Å². The molecule has 0 radical (unpaired) electrons. The maximum absolute atomic E-state index is 8.58. The Hall–Kier alpha value is -7.43. The van der Waals surface area contributed by atoms with Gasteiger partial charge in [0.05, 0.1) is 6.85 Å². The summed E-state index contributed by atoms with van der Waals surface area (Å²) < 4.78 is 48.3. The van der Waals surface area contributed by atoms with Gasteiger partial charge in [-0.05, 0) is 79.3 Å². The van der Waals surface area contributed by atoms with Crippen LogP contribution in [0.15, 0.2) is 192 Å². The molecule has 0 fully saturated rings. The van der Waals surface area contributed by atoms with E-state index in [9.17, 15) is 0 Å². The van der Waals surface area contributed by atoms with E-state index < -0.39 is 6.04 Å². The number of rotatable bonds is 5. The molecular formula is C51H31N3O. The summed E-state index contributed by atoms with van der Waals surface area (Å²) in [4.78, 5) is 14.9. The molecule has 0 aliphatic heterocycles. The van der Waals surface area contributed by atoms with Gasteiger partial charge in [-0.15, -0.1) is 0 Å². The molecule has 0 atom stereocenters. The first-order valence-corrected chi connectivity index (χ1v) is 18.1. The molecule has 0 saturated heterocycles. The Bertz CT molecular complexity index is 3500. The Kier molecular flexibility index (Phi) is 6.04. The highest BCUT2D eigenvalue weighted by atomic mass is 16.3. The summed E-state index contributed by atoms with van der Waals surface area (Å²) >= 11 is 0. The first-order valence-electron chi connectivity index (χ1n) is 20.6. The summed E-state index contributed by atoms with van der Waals surface area (Å²) in [6.45, 7) is 0. The number of nitrogens with zero attached hydrogens (tertiary/aromatic N) is 3. The SMILES string of the molecule is [2H]c1c([2H])c([2H])c(-c2cccc(-c3nc(-c4ccccc4)nc(-c4ccc5oc6c(-c7ccc8c9ccccc9c9ccccc9c8c7)cccc6c5c4)n3)c2)c([2H])c1[2H]. The Labute approximate surface area is 324 Å². The van der Waals surface area contributed by atoms with Gasteiger partial charge >= 0.3 is 0 Å². The molecule has 2 heterocycles. The molecule has 11 rings (SSSR count). The first-order chi connectivity index (χ1) is 29.3. The summed E-state index contributed by atoms with van der Waals surface area (Å²) in [5.74, 6) is 1.30. The third-order valence-electron chi connectivity index (χ3n) is 10.4. The van der Waals surface area contributed by atoms with Crippen molar-refractivity contribution in [3.8, 4) is 56.4 Å². The molecule has 0 aliphatic carbocycles. The van der Waals surface area contributed by atoms with Crippen molar-refractivity contribution in [2.24, 2.45) is 0 Å². The van der Waals surface area contributed by atoms with Crippen molar-refractivity contribution in [1.29, 1.82) is 0 Å². The molecular weight excluding hydrogens is 671 g/mol. The minimum Gasteiger partial charge on any atom is -0.455 e. The van der Waals surface area contributed by atoms with Crippen molar-refractivity contribution in [1.82, 2.24) is 15.0 Å². The van der Waals surface area contributed by atoms with Gasteiger partial charge in [0.15, 0.2) is 17.5 Å². The van der Waals surface area contributed by atoms with E-state index >= 15 is 0 Å². The predicted octanol–water partition coefficient (Wildman–Crippen LogP) is 13.6. The average Bonchev–Trinajstić information content (AvgIpc) is 3.69. The first kappa shape index (κ1) is 26.4. The molecule has 0 unspecified atom stereocenters. The number of para-hydroxylation sites is 1. The maximum atomic E-state index is 8.58. The Morgan fingerprint density at radius 1 is 0.345 bits per heavy atom. The Morgan fingerprint density at radius 3 is 1.60 bits per heavy atom. The van der Waals surface area contributed by atoms with Gasteiger partial charge in [0.2, 0.25) is 0 Å². The van der Waals surface area contributed by atoms with Crippen LogP contribution in [0.2, 0.25) is 0 Å². The van der Waals surface area contributed by atoms with Gasteiger partial charge in [0, 0.05) is 33.0 Å². The van der Waals surface area contributed by atoms with Crippen LogP contribution in [0.3, 0.4) is 0 Å². The van der Waals surface area contributed by atoms with Crippen LogP contribution in [0, 0.1) is 0 Å². The highest BCUT2D eigenvalue weighted by Crippen LogP contribution is 2.41. The monoisotopic (exact) mass is 706 g/mol. The molecule has 2 aromatic heterocycles. The Morgan fingerprint density at radius 2 is 0.873 bits per heavy atom. The third-order valence-corrected chi connectivity index (χ3v) is 10.4. The van der Waals surface area contributed by atoms with Crippen molar-refractivity contribution < 1.29 is 11.3 Å². The molecule has 0 amide bonds. The van der Waals surface area contributed by atoms with E-state index in [2.05, 4.69) is 91.0 Å². The molecule has 9 aromatic carbocycles. The fraction of sp³-hybridized carbons (Fsp3) is 0. The summed E-state index contributed by atoms with van der Waals surface area (Å²) in [6.07, 6.45) is 0. The van der Waals surface area contributed by atoms with Crippen molar-refractivity contribution in [3.63, 3.8) is 0 Å². The molecule has 55 heavy (non-hydrogen) atoms. The standard InChI is InChI=1S/C51H31N3O/c1-3-13-32(14-4-1)34-17-11-18-36(29-34)50-52-49(33-15-5-2-6-16-33)53-51(54-50)37-26-28-47-46(31-37)44-24-12-23-38(48(44)55-47)35-25-27-43-41-21-8-7-19-39(41)40-20-9-10-22-42(40)45(43)30-35/h1-31H/i1D,3D,4D,13D,14D. The van der Waals surface area contributed by atoms with Crippen molar-refractivity contribution in [3.05, 3.63) is 188 Å². The summed E-state index contributed by atoms with van der Waals surface area (Å²) in [6, 6.07) is 51.1. The second kappa shape index (κ2) is 12.6. The van der Waals surface area contributed by atoms with Crippen LogP contribution in [-0.2, 0) is 0 Å². The van der Waals surface area contributed by atoms with Crippen LogP contribution in [0.4, 0.5) is 0 Å². The van der Waals surface area contributed by atoms with E-state index in [0.29, 0.717) is 28.6 Å². The van der Waals surface area contributed by atoms with E-state index in [1.807, 2.05) is 48.5 Å². The fourth-order valence-electron chi connectivity index (χ4n) is 7.80. The summed E-state index contributed by atoms with van der Waals surface area (Å²) in [5, 5.41) is 9.20. The normalized spacial score (nSPS) is 12.9. The largest absolute Gasteiger partial charge is 0.455 e. The van der Waals surface area contributed by atoms with Gasteiger partial charge in [-0.25, -0.2) is 15.0 Å². The second-order valence-corrected chi connectivity index (χ2v) is 13.6. The average molecular weight is 707 g/mol. The number of aromatic nitrogens is 3. The van der Waals surface area contributed by atoms with E-state index in [-0.39, 0.29) is 29.7 Å². The predicted molar refractivity (Wildman–Crippen MR) is 227 cm³/mol. The van der Waals surface area contributed by atoms with Gasteiger partial charge in [0.25, 0.3) is 0 Å². The molecule has 4 heteroatoms. The molecule has 4 nitrogen and oxygen atoms in total. The fourth-order valence-corrected chi connectivity index (χ4v) is 7.80. The molecule has 256 valence electrons. The smallest absolute Gasteiger partial charge is 0.164 e. The molecule has 0 aliphatic rings. The van der Waals surface area contributed by atoms with E-state index in [4.69, 9.17) is 26.2 Å². The zero-order valence-electron chi connectivity index (χ0n) is 34.3. The van der Waals surface area contributed by atoms with Gasteiger partial charge in [0.1, 0.15) is 11.2 Å². The minimum atomic E-state index is -0.436. The Balaban J connectivity index is 1.05. The lowest BCUT2D eigenvalue weighted by atomic mass is 9.92. The van der Waals surface area contributed by atoms with Gasteiger partial charge < -0.3 is 4.42 Å². The molecule has 0 saturated carbocycles. The number of fused-ring (bicyclic) bond motifs is 9. The third kappa shape index (κ3) is 5.26. The lowest BCUT2D eigenvalue weighted by Crippen LogP contribution is -2.00. The van der Waals surface area contributed by atoms with Crippen LogP contribution in [0.1, 0.15) is 6.85 Å². The van der Waals surface area contributed by atoms with E-state index in [0.717, 1.165) is 44.2 Å². The van der Waals surface area contributed by atoms with Crippen LogP contribution >= 0.6 is 0 Å². The number of furan rings is 1. The van der Waals surface area contributed by atoms with Crippen molar-refractivity contribution in [2.45, 2.75) is 0 Å². The molecule has 11 aromatic rings. The molecule has 0 bridgehead atoms. The van der Waals surface area contributed by atoms with Crippen LogP contribution < -0.4 is 0 Å². The van der Waals surface area contributed by atoms with E-state index in [1.165, 1.54) is 32.3 Å². The van der Waals surface area contributed by atoms with Crippen LogP contribution in [0.5, 0.6) is 0 Å². The van der Waals surface area contributed by atoms with E-state index in [1.54, 1.807) is 18.2 Å². The minimum absolute atomic E-state index is 0.114. The highest BCUT2D eigenvalue weighted by Gasteiger charge is 2.18. The molecule has 0 N–H and O–H groups in total. The van der Waals surface area contributed by atoms with Crippen LogP contribution in [-0.4, -0.2) is 15.0 Å².